The van der Waals surface area contributed by atoms with Gasteiger partial charge in [0.2, 0.25) is 5.16 Å². The van der Waals surface area contributed by atoms with E-state index in [1.54, 1.807) is 11.8 Å². The predicted molar refractivity (Wildman–Crippen MR) is 72.0 cm³/mol. The topological polar surface area (TPSA) is 81.4 Å². The minimum atomic E-state index is 0.490. The third-order valence-corrected chi connectivity index (χ3v) is 3.77. The third kappa shape index (κ3) is 2.83. The van der Waals surface area contributed by atoms with Crippen molar-refractivity contribution in [1.82, 2.24) is 30.2 Å². The highest BCUT2D eigenvalue weighted by molar-refractivity contribution is 7.98. The fourth-order valence-corrected chi connectivity index (χ4v) is 2.58. The van der Waals surface area contributed by atoms with E-state index in [9.17, 15) is 0 Å². The Morgan fingerprint density at radius 2 is 2.26 bits per heavy atom. The van der Waals surface area contributed by atoms with Gasteiger partial charge in [-0.05, 0) is 30.2 Å². The van der Waals surface area contributed by atoms with E-state index >= 15 is 0 Å². The van der Waals surface area contributed by atoms with E-state index in [4.69, 9.17) is 0 Å². The van der Waals surface area contributed by atoms with Gasteiger partial charge < -0.3 is 5.32 Å². The van der Waals surface area contributed by atoms with Crippen molar-refractivity contribution < 1.29 is 0 Å². The summed E-state index contributed by atoms with van der Waals surface area (Å²) in [6.07, 6.45) is 2.34. The van der Waals surface area contributed by atoms with Gasteiger partial charge in [0.15, 0.2) is 0 Å². The summed E-state index contributed by atoms with van der Waals surface area (Å²) in [5.41, 5.74) is 0.955. The van der Waals surface area contributed by atoms with Crippen LogP contribution in [0.2, 0.25) is 0 Å². The standard InChI is InChI=1S/C11H15N7S/c1-7-5-9(12-2)14-10(13-7)6-19-11-15-16-17-18(11)8-3-4-8/h5,8H,3-4,6H2,1-2H3,(H,12,13,14). The van der Waals surface area contributed by atoms with Crippen LogP contribution in [0, 0.1) is 6.92 Å². The molecule has 0 aromatic carbocycles. The molecule has 1 aliphatic rings. The predicted octanol–water partition coefficient (Wildman–Crippen LogP) is 1.44. The van der Waals surface area contributed by atoms with Gasteiger partial charge in [0.1, 0.15) is 11.6 Å². The lowest BCUT2D eigenvalue weighted by Crippen LogP contribution is -2.02. The summed E-state index contributed by atoms with van der Waals surface area (Å²) >= 11 is 1.58. The Morgan fingerprint density at radius 3 is 3.00 bits per heavy atom. The molecule has 1 saturated carbocycles. The van der Waals surface area contributed by atoms with Crippen molar-refractivity contribution in [3.63, 3.8) is 0 Å². The summed E-state index contributed by atoms with van der Waals surface area (Å²) in [6, 6.07) is 2.41. The Labute approximate surface area is 115 Å². The minimum Gasteiger partial charge on any atom is -0.373 e. The molecule has 3 rings (SSSR count). The molecule has 100 valence electrons. The molecule has 0 saturated heterocycles. The molecule has 1 aliphatic carbocycles. The highest BCUT2D eigenvalue weighted by Gasteiger charge is 2.27. The highest BCUT2D eigenvalue weighted by Crippen LogP contribution is 2.36. The first-order valence-electron chi connectivity index (χ1n) is 6.19. The second-order valence-corrected chi connectivity index (χ2v) is 5.43. The number of anilines is 1. The van der Waals surface area contributed by atoms with Gasteiger partial charge in [-0.2, -0.15) is 0 Å². The Bertz CT molecular complexity index is 578. The van der Waals surface area contributed by atoms with Crippen molar-refractivity contribution in [1.29, 1.82) is 0 Å². The Balaban J connectivity index is 1.71. The molecule has 0 spiro atoms. The molecule has 0 atom stereocenters. The van der Waals surface area contributed by atoms with E-state index in [0.717, 1.165) is 22.5 Å². The molecule has 0 amide bonds. The molecule has 2 heterocycles. The van der Waals surface area contributed by atoms with E-state index in [0.29, 0.717) is 11.8 Å². The van der Waals surface area contributed by atoms with Crippen LogP contribution in [-0.4, -0.2) is 37.2 Å². The molecule has 0 unspecified atom stereocenters. The Hall–Kier alpha value is -1.70. The molecule has 1 N–H and O–H groups in total. The summed E-state index contributed by atoms with van der Waals surface area (Å²) < 4.78 is 1.90. The van der Waals surface area contributed by atoms with Crippen LogP contribution in [0.5, 0.6) is 0 Å². The normalized spacial score (nSPS) is 14.6. The summed E-state index contributed by atoms with van der Waals surface area (Å²) in [5, 5.41) is 15.7. The number of thioether (sulfide) groups is 1. The molecular weight excluding hydrogens is 262 g/mol. The minimum absolute atomic E-state index is 0.490. The van der Waals surface area contributed by atoms with Gasteiger partial charge in [0.25, 0.3) is 0 Å². The van der Waals surface area contributed by atoms with Crippen LogP contribution in [-0.2, 0) is 5.75 Å². The first kappa shape index (κ1) is 12.3. The molecule has 0 radical (unpaired) electrons. The van der Waals surface area contributed by atoms with Crippen molar-refractivity contribution >= 4 is 17.6 Å². The summed E-state index contributed by atoms with van der Waals surface area (Å²) in [4.78, 5) is 8.84. The lowest BCUT2D eigenvalue weighted by molar-refractivity contribution is 0.565. The molecule has 7 nitrogen and oxygen atoms in total. The number of nitrogens with one attached hydrogen (secondary N) is 1. The first-order chi connectivity index (χ1) is 9.26. The maximum atomic E-state index is 4.42. The monoisotopic (exact) mass is 277 g/mol. The number of nitrogens with zero attached hydrogens (tertiary/aromatic N) is 6. The number of hydrogen-bond donors (Lipinski definition) is 1. The van der Waals surface area contributed by atoms with Crippen molar-refractivity contribution in [3.05, 3.63) is 17.6 Å². The summed E-state index contributed by atoms with van der Waals surface area (Å²) in [5.74, 6) is 2.30. The van der Waals surface area contributed by atoms with Crippen molar-refractivity contribution in [2.75, 3.05) is 12.4 Å². The number of hydrogen-bond acceptors (Lipinski definition) is 7. The van der Waals surface area contributed by atoms with E-state index in [1.165, 1.54) is 12.8 Å². The van der Waals surface area contributed by atoms with Gasteiger partial charge in [-0.1, -0.05) is 11.8 Å². The van der Waals surface area contributed by atoms with Crippen LogP contribution >= 0.6 is 11.8 Å². The molecule has 19 heavy (non-hydrogen) atoms. The van der Waals surface area contributed by atoms with Crippen molar-refractivity contribution in [3.8, 4) is 0 Å². The maximum Gasteiger partial charge on any atom is 0.210 e. The summed E-state index contributed by atoms with van der Waals surface area (Å²) in [7, 11) is 1.85. The smallest absolute Gasteiger partial charge is 0.210 e. The molecule has 0 aliphatic heterocycles. The van der Waals surface area contributed by atoms with E-state index in [2.05, 4.69) is 30.8 Å². The van der Waals surface area contributed by atoms with Gasteiger partial charge in [-0.25, -0.2) is 14.6 Å². The molecule has 2 aromatic rings. The highest BCUT2D eigenvalue weighted by atomic mass is 32.2. The van der Waals surface area contributed by atoms with Crippen LogP contribution in [0.25, 0.3) is 0 Å². The van der Waals surface area contributed by atoms with Crippen LogP contribution in [0.4, 0.5) is 5.82 Å². The zero-order valence-electron chi connectivity index (χ0n) is 10.9. The van der Waals surface area contributed by atoms with Gasteiger partial charge >= 0.3 is 0 Å². The molecule has 8 heteroatoms. The maximum absolute atomic E-state index is 4.42. The number of aromatic nitrogens is 6. The molecule has 0 bridgehead atoms. The largest absolute Gasteiger partial charge is 0.373 e. The average Bonchev–Trinajstić information content (AvgIpc) is 3.14. The SMILES string of the molecule is CNc1cc(C)nc(CSc2nnnn2C2CC2)n1. The quantitative estimate of drug-likeness (QED) is 0.828. The van der Waals surface area contributed by atoms with Gasteiger partial charge in [0.05, 0.1) is 11.8 Å². The fraction of sp³-hybridized carbons (Fsp3) is 0.545. The second-order valence-electron chi connectivity index (χ2n) is 4.49. The van der Waals surface area contributed by atoms with Crippen LogP contribution in [0.15, 0.2) is 11.2 Å². The van der Waals surface area contributed by atoms with E-state index in [1.807, 2.05) is 24.7 Å². The first-order valence-corrected chi connectivity index (χ1v) is 7.18. The van der Waals surface area contributed by atoms with Crippen LogP contribution < -0.4 is 5.32 Å². The van der Waals surface area contributed by atoms with Gasteiger partial charge in [-0.3, -0.25) is 0 Å². The fourth-order valence-electron chi connectivity index (χ4n) is 1.78. The zero-order chi connectivity index (χ0) is 13.2. The molecular formula is C11H15N7S. The zero-order valence-corrected chi connectivity index (χ0v) is 11.7. The second kappa shape index (κ2) is 5.12. The Morgan fingerprint density at radius 1 is 1.42 bits per heavy atom. The van der Waals surface area contributed by atoms with Gasteiger partial charge in [-0.15, -0.1) is 5.10 Å². The molecule has 2 aromatic heterocycles. The third-order valence-electron chi connectivity index (χ3n) is 2.84. The molecule has 1 fully saturated rings. The Kier molecular flexibility index (Phi) is 3.33. The van der Waals surface area contributed by atoms with Crippen molar-refractivity contribution in [2.24, 2.45) is 0 Å². The number of aryl methyl sites for hydroxylation is 1. The van der Waals surface area contributed by atoms with E-state index in [-0.39, 0.29) is 0 Å². The number of rotatable bonds is 5. The number of tetrazole rings is 1. The lowest BCUT2D eigenvalue weighted by Gasteiger charge is -2.05. The van der Waals surface area contributed by atoms with Gasteiger partial charge in [0, 0.05) is 18.8 Å². The lowest BCUT2D eigenvalue weighted by atomic mass is 10.4. The summed E-state index contributed by atoms with van der Waals surface area (Å²) in [6.45, 7) is 1.96. The van der Waals surface area contributed by atoms with Crippen LogP contribution in [0.3, 0.4) is 0 Å². The van der Waals surface area contributed by atoms with E-state index < -0.39 is 0 Å². The van der Waals surface area contributed by atoms with Crippen LogP contribution in [0.1, 0.15) is 30.4 Å². The average molecular weight is 277 g/mol. The van der Waals surface area contributed by atoms with Crippen molar-refractivity contribution in [2.45, 2.75) is 36.7 Å².